The topological polar surface area (TPSA) is 574 Å². The molecule has 23 N–H and O–H groups in total. The lowest BCUT2D eigenvalue weighted by Crippen LogP contribution is -2.70. The number of carbonyl (C=O) groups is 6. The fourth-order valence-electron chi connectivity index (χ4n) is 13.1. The number of carbonyl (C=O) groups excluding carboxylic acids is 6. The molecule has 6 amide bonds. The molecule has 7 aliphatic rings. The molecule has 560 valence electrons. The fraction of sp³-hybridized carbons (Fsp3) is 0.538. The van der Waals surface area contributed by atoms with Gasteiger partial charge in [0.15, 0.2) is 30.7 Å². The van der Waals surface area contributed by atoms with Gasteiger partial charge in [0.2, 0.25) is 41.7 Å². The lowest BCUT2D eigenvalue weighted by molar-refractivity contribution is -0.383. The average molecular weight is 1470 g/mol. The molecule has 38 heteroatoms. The molecular formula is C65H84N12O25S. The molecule has 1 aromatic heterocycles. The van der Waals surface area contributed by atoms with Crippen LogP contribution in [0.2, 0.25) is 0 Å². The number of amides is 6. The Morgan fingerprint density at radius 3 is 1.95 bits per heavy atom. The molecule has 26 atom stereocenters. The van der Waals surface area contributed by atoms with Gasteiger partial charge in [0.25, 0.3) is 0 Å². The first kappa shape index (κ1) is 75.9. The fourth-order valence-corrected chi connectivity index (χ4v) is 13.8. The Morgan fingerprint density at radius 1 is 0.612 bits per heavy atom. The van der Waals surface area contributed by atoms with E-state index in [0.717, 1.165) is 16.0 Å². The average Bonchev–Trinajstić information content (AvgIpc) is 1.51. The van der Waals surface area contributed by atoms with Gasteiger partial charge in [-0.2, -0.15) is 11.3 Å². The highest BCUT2D eigenvalue weighted by molar-refractivity contribution is 7.08. The number of thiophene rings is 1. The number of rotatable bonds is 18. The van der Waals surface area contributed by atoms with Gasteiger partial charge in [-0.1, -0.05) is 73.7 Å². The number of nitrogens with two attached hydrogens (primary N) is 2. The van der Waals surface area contributed by atoms with Gasteiger partial charge < -0.3 is 148 Å². The van der Waals surface area contributed by atoms with Crippen molar-refractivity contribution in [2.75, 3.05) is 46.1 Å². The Hall–Kier alpha value is -8.20. The van der Waals surface area contributed by atoms with Gasteiger partial charge >= 0.3 is 0 Å². The van der Waals surface area contributed by atoms with Crippen LogP contribution in [0, 0.1) is 0 Å². The van der Waals surface area contributed by atoms with Crippen molar-refractivity contribution in [3.05, 3.63) is 112 Å². The van der Waals surface area contributed by atoms with Gasteiger partial charge in [-0.3, -0.25) is 38.8 Å². The number of nitrogens with one attached hydrogen (secondary N) is 7. The van der Waals surface area contributed by atoms with Crippen molar-refractivity contribution >= 4 is 58.7 Å². The largest absolute Gasteiger partial charge is 0.462 e. The number of ether oxygens (including phenoxy) is 7. The number of aliphatic hydroxyl groups is 12. The molecular weight excluding hydrogens is 1380 g/mol. The SMILES string of the molecule is CC(c1ccccc1)C1NC(=O)CNC(=O)C(CO)NC(=O)C(C(O)C2CN=C(N)N2C2OC(CO)C(O)C(O)C2O)NC(=O)C(C(O)C2CN=C(N)N2)NC(=O)C(Cc2ccc(OC3OC(CO)C(OC4OC5COC(c6ccc(-c7ccsc7)cc6)OC5C(O)C4O)C(O)C3O)cc2)NC1=O. The molecule has 7 aliphatic heterocycles. The molecule has 3 aromatic carbocycles. The Morgan fingerprint density at radius 2 is 1.28 bits per heavy atom. The van der Waals surface area contributed by atoms with E-state index in [9.17, 15) is 80.5 Å². The van der Waals surface area contributed by atoms with Crippen LogP contribution in [0.4, 0.5) is 0 Å². The second-order valence-electron chi connectivity index (χ2n) is 25.8. The lowest BCUT2D eigenvalue weighted by Gasteiger charge is -2.48. The van der Waals surface area contributed by atoms with Crippen LogP contribution < -0.4 is 53.4 Å². The van der Waals surface area contributed by atoms with Crippen LogP contribution in [-0.4, -0.2) is 306 Å². The molecule has 0 spiro atoms. The van der Waals surface area contributed by atoms with E-state index in [2.05, 4.69) is 47.2 Å². The van der Waals surface area contributed by atoms with Crippen molar-refractivity contribution in [2.45, 2.75) is 172 Å². The first-order chi connectivity index (χ1) is 49.4. The molecule has 4 aromatic rings. The second kappa shape index (κ2) is 33.3. The number of benzene rings is 3. The van der Waals surface area contributed by atoms with Gasteiger partial charge in [0, 0.05) is 17.9 Å². The standard InChI is InChI=1S/C65H84N12O25S/c1-26(28-5-3-2-4-6-28)41-57(93)71-33(17-27-7-13-32(14-8-27)97-62-51(89)48(86)53(38(23-80)99-62)102-63-52(90)49(87)54-39(100-63)24-96-61(101-54)30-11-9-29(10-12-30)31-15-16-103-25-31)56(92)75-42(44(82)34-18-69-64(66)73-34)59(95)76-43(58(94)72-35(21-78)55(91)68-20-40(81)74-41)45(83)36-19-70-65(67)77(36)60-50(88)47(85)46(84)37(22-79)98-60/h2-16,25-26,33-39,41-54,60-63,78-80,82-90H,17-24H2,1H3,(H2,67,70)(H,68,91)(H,71,93)(H,72,94)(H,74,81)(H,75,92)(H,76,95)(H3,66,69,73). The summed E-state index contributed by atoms with van der Waals surface area (Å²) in [7, 11) is 0. The number of hydrogen-bond donors (Lipinski definition) is 21. The van der Waals surface area contributed by atoms with Gasteiger partial charge in [-0.05, 0) is 51.2 Å². The van der Waals surface area contributed by atoms with Crippen LogP contribution in [0.25, 0.3) is 11.1 Å². The van der Waals surface area contributed by atoms with Gasteiger partial charge in [-0.25, -0.2) is 0 Å². The van der Waals surface area contributed by atoms with Crippen molar-refractivity contribution in [3.8, 4) is 16.9 Å². The first-order valence-corrected chi connectivity index (χ1v) is 34.0. The first-order valence-electron chi connectivity index (χ1n) is 33.1. The van der Waals surface area contributed by atoms with Crippen molar-refractivity contribution in [3.63, 3.8) is 0 Å². The van der Waals surface area contributed by atoms with E-state index in [1.54, 1.807) is 48.6 Å². The maximum atomic E-state index is 15.2. The summed E-state index contributed by atoms with van der Waals surface area (Å²) >= 11 is 1.56. The van der Waals surface area contributed by atoms with E-state index < -0.39 is 239 Å². The zero-order chi connectivity index (χ0) is 73.7. The highest BCUT2D eigenvalue weighted by atomic mass is 32.1. The molecule has 37 nitrogen and oxygen atoms in total. The third-order valence-corrected chi connectivity index (χ3v) is 19.7. The van der Waals surface area contributed by atoms with Crippen LogP contribution in [0.1, 0.15) is 35.8 Å². The molecule has 5 saturated heterocycles. The van der Waals surface area contributed by atoms with E-state index >= 15 is 9.59 Å². The van der Waals surface area contributed by atoms with Crippen molar-refractivity contribution in [1.82, 2.24) is 42.1 Å². The molecule has 26 unspecified atom stereocenters. The summed E-state index contributed by atoms with van der Waals surface area (Å²) in [4.78, 5) is 96.7. The summed E-state index contributed by atoms with van der Waals surface area (Å²) in [6.45, 7) is -3.21. The third-order valence-electron chi connectivity index (χ3n) is 19.0. The van der Waals surface area contributed by atoms with Gasteiger partial charge in [0.05, 0.1) is 58.1 Å². The van der Waals surface area contributed by atoms with E-state index in [4.69, 9.17) is 44.6 Å². The number of fused-ring (bicyclic) bond motifs is 1. The highest BCUT2D eigenvalue weighted by Crippen LogP contribution is 2.38. The summed E-state index contributed by atoms with van der Waals surface area (Å²) < 4.78 is 41.6. The summed E-state index contributed by atoms with van der Waals surface area (Å²) in [5, 5.41) is 155. The number of hydrogen-bond acceptors (Lipinski definition) is 32. The van der Waals surface area contributed by atoms with Crippen LogP contribution in [0.15, 0.2) is 106 Å². The molecule has 0 saturated carbocycles. The Labute approximate surface area is 590 Å². The van der Waals surface area contributed by atoms with Crippen LogP contribution >= 0.6 is 11.3 Å². The maximum absolute atomic E-state index is 15.2. The summed E-state index contributed by atoms with van der Waals surface area (Å²) in [5.41, 5.74) is 15.6. The zero-order valence-electron chi connectivity index (χ0n) is 55.0. The normalized spacial score (nSPS) is 35.9. The quantitative estimate of drug-likeness (QED) is 0.0440. The van der Waals surface area contributed by atoms with Crippen molar-refractivity contribution in [1.29, 1.82) is 0 Å². The monoisotopic (exact) mass is 1460 g/mol. The van der Waals surface area contributed by atoms with E-state index in [1.807, 2.05) is 41.1 Å². The van der Waals surface area contributed by atoms with Crippen molar-refractivity contribution < 1.29 is 123 Å². The van der Waals surface area contributed by atoms with Crippen LogP contribution in [0.3, 0.4) is 0 Å². The zero-order valence-corrected chi connectivity index (χ0v) is 55.8. The molecule has 103 heavy (non-hydrogen) atoms. The summed E-state index contributed by atoms with van der Waals surface area (Å²) in [6.07, 6.45) is -30.8. The second-order valence-corrected chi connectivity index (χ2v) is 26.6. The van der Waals surface area contributed by atoms with E-state index in [1.165, 1.54) is 24.3 Å². The van der Waals surface area contributed by atoms with Crippen molar-refractivity contribution in [2.24, 2.45) is 21.5 Å². The van der Waals surface area contributed by atoms with E-state index in [0.29, 0.717) is 11.1 Å². The lowest BCUT2D eigenvalue weighted by atomic mass is 9.92. The summed E-state index contributed by atoms with van der Waals surface area (Å²) in [6, 6.07) is 10.4. The predicted octanol–water partition coefficient (Wildman–Crippen LogP) is -9.12. The van der Waals surface area contributed by atoms with Crippen LogP contribution in [0.5, 0.6) is 5.75 Å². The minimum atomic E-state index is -2.35. The molecule has 0 radical (unpaired) electrons. The minimum absolute atomic E-state index is 0.0466. The smallest absolute Gasteiger partial charge is 0.246 e. The molecule has 0 bridgehead atoms. The van der Waals surface area contributed by atoms with Crippen LogP contribution in [-0.2, 0) is 63.6 Å². The Balaban J connectivity index is 0.830. The van der Waals surface area contributed by atoms with Gasteiger partial charge in [-0.15, -0.1) is 0 Å². The third kappa shape index (κ3) is 16.8. The number of guanidine groups is 2. The number of nitrogens with zero attached hydrogens (tertiary/aromatic N) is 3. The number of aliphatic hydroxyl groups excluding tert-OH is 12. The highest BCUT2D eigenvalue weighted by Gasteiger charge is 2.55. The molecule has 5 fully saturated rings. The minimum Gasteiger partial charge on any atom is -0.462 e. The Bertz CT molecular complexity index is 3650. The van der Waals surface area contributed by atoms with Gasteiger partial charge in [0.1, 0.15) is 121 Å². The number of aliphatic imine (C=N–C) groups is 2. The van der Waals surface area contributed by atoms with E-state index in [-0.39, 0.29) is 30.4 Å². The summed E-state index contributed by atoms with van der Waals surface area (Å²) in [5.74, 6) is -8.91. The molecule has 0 aliphatic carbocycles. The maximum Gasteiger partial charge on any atom is 0.246 e. The Kier molecular flexibility index (Phi) is 24.5. The molecule has 11 rings (SSSR count). The molecule has 8 heterocycles. The predicted molar refractivity (Wildman–Crippen MR) is 353 cm³/mol.